The van der Waals surface area contributed by atoms with E-state index in [1.165, 1.54) is 0 Å². The van der Waals surface area contributed by atoms with Gasteiger partial charge in [0.05, 0.1) is 6.61 Å². The molecule has 0 radical (unpaired) electrons. The summed E-state index contributed by atoms with van der Waals surface area (Å²) in [5.74, 6) is 0.260. The Morgan fingerprint density at radius 2 is 1.90 bits per heavy atom. The highest BCUT2D eigenvalue weighted by atomic mass is 19.3. The van der Waals surface area contributed by atoms with Crippen LogP contribution in [-0.4, -0.2) is 33.4 Å². The van der Waals surface area contributed by atoms with E-state index in [0.29, 0.717) is 17.7 Å². The predicted octanol–water partition coefficient (Wildman–Crippen LogP) is 3.15. The Balaban J connectivity index is 2.62. The van der Waals surface area contributed by atoms with Gasteiger partial charge in [-0.25, -0.2) is 0 Å². The molecule has 1 N–H and O–H groups in total. The van der Waals surface area contributed by atoms with Gasteiger partial charge in [-0.15, -0.1) is 0 Å². The molecular weight excluding hydrogens is 264 g/mol. The number of methoxy groups -OCH3 is 1. The first kappa shape index (κ1) is 16.6. The van der Waals surface area contributed by atoms with E-state index in [9.17, 15) is 8.78 Å². The van der Waals surface area contributed by atoms with Crippen molar-refractivity contribution in [3.63, 3.8) is 0 Å². The maximum atomic E-state index is 12.3. The second-order valence-electron chi connectivity index (χ2n) is 4.46. The van der Waals surface area contributed by atoms with Crippen LogP contribution < -0.4 is 10.1 Å². The molecule has 20 heavy (non-hydrogen) atoms. The van der Waals surface area contributed by atoms with Crippen molar-refractivity contribution in [2.45, 2.75) is 20.5 Å². The Morgan fingerprint density at radius 1 is 1.25 bits per heavy atom. The second kappa shape index (κ2) is 8.66. The van der Waals surface area contributed by atoms with Crippen LogP contribution in [-0.2, 0) is 4.74 Å². The monoisotopic (exact) mass is 285 g/mol. The standard InChI is InChI=1S/C15H21F2NO2/c1-11-9-13(5-4-6-18-7-8-19-3)10-12(2)14(11)20-15(16)17/h4-5,9-10,15,18H,6-8H2,1-3H3. The van der Waals surface area contributed by atoms with Gasteiger partial charge in [0, 0.05) is 20.2 Å². The molecule has 0 spiro atoms. The molecule has 0 aliphatic rings. The molecule has 0 heterocycles. The highest BCUT2D eigenvalue weighted by Crippen LogP contribution is 2.26. The van der Waals surface area contributed by atoms with Crippen LogP contribution in [0.3, 0.4) is 0 Å². The first-order valence-electron chi connectivity index (χ1n) is 6.47. The molecule has 5 heteroatoms. The van der Waals surface area contributed by atoms with Crippen LogP contribution >= 0.6 is 0 Å². The van der Waals surface area contributed by atoms with Crippen molar-refractivity contribution in [1.82, 2.24) is 5.32 Å². The largest absolute Gasteiger partial charge is 0.434 e. The summed E-state index contributed by atoms with van der Waals surface area (Å²) in [6.45, 7) is 2.93. The Bertz CT molecular complexity index is 424. The van der Waals surface area contributed by atoms with Crippen molar-refractivity contribution in [1.29, 1.82) is 0 Å². The number of hydrogen-bond acceptors (Lipinski definition) is 3. The third-order valence-electron chi connectivity index (χ3n) is 2.75. The number of benzene rings is 1. The molecular formula is C15H21F2NO2. The predicted molar refractivity (Wildman–Crippen MR) is 76.3 cm³/mol. The van der Waals surface area contributed by atoms with Gasteiger partial charge in [0.15, 0.2) is 0 Å². The lowest BCUT2D eigenvalue weighted by molar-refractivity contribution is -0.0507. The molecule has 1 aromatic carbocycles. The number of ether oxygens (including phenoxy) is 2. The van der Waals surface area contributed by atoms with Crippen LogP contribution in [0.2, 0.25) is 0 Å². The van der Waals surface area contributed by atoms with E-state index in [0.717, 1.165) is 18.7 Å². The van der Waals surface area contributed by atoms with E-state index in [4.69, 9.17) is 4.74 Å². The van der Waals surface area contributed by atoms with Crippen LogP contribution in [0.15, 0.2) is 18.2 Å². The Hall–Kier alpha value is -1.46. The van der Waals surface area contributed by atoms with E-state index in [2.05, 4.69) is 10.1 Å². The molecule has 3 nitrogen and oxygen atoms in total. The SMILES string of the molecule is COCCNCC=Cc1cc(C)c(OC(F)F)c(C)c1. The fraction of sp³-hybridized carbons (Fsp3) is 0.467. The molecule has 0 aromatic heterocycles. The summed E-state index contributed by atoms with van der Waals surface area (Å²) in [6.07, 6.45) is 3.93. The van der Waals surface area contributed by atoms with Gasteiger partial charge in [0.25, 0.3) is 0 Å². The summed E-state index contributed by atoms with van der Waals surface area (Å²) in [5, 5.41) is 3.19. The van der Waals surface area contributed by atoms with E-state index in [1.54, 1.807) is 21.0 Å². The van der Waals surface area contributed by atoms with Crippen LogP contribution in [0.5, 0.6) is 5.75 Å². The zero-order valence-corrected chi connectivity index (χ0v) is 12.1. The number of nitrogens with one attached hydrogen (secondary N) is 1. The number of halogens is 2. The van der Waals surface area contributed by atoms with Gasteiger partial charge < -0.3 is 14.8 Å². The van der Waals surface area contributed by atoms with Gasteiger partial charge >= 0.3 is 6.61 Å². The van der Waals surface area contributed by atoms with E-state index in [-0.39, 0.29) is 5.75 Å². The Kier molecular flexibility index (Phi) is 7.18. The van der Waals surface area contributed by atoms with Crippen molar-refractivity contribution in [3.8, 4) is 5.75 Å². The molecule has 0 aliphatic heterocycles. The number of alkyl halides is 2. The van der Waals surface area contributed by atoms with Gasteiger partial charge in [0.1, 0.15) is 5.75 Å². The number of rotatable bonds is 8. The Labute approximate surface area is 118 Å². The highest BCUT2D eigenvalue weighted by Gasteiger charge is 2.10. The van der Waals surface area contributed by atoms with Crippen LogP contribution in [0.4, 0.5) is 8.78 Å². The van der Waals surface area contributed by atoms with Gasteiger partial charge in [-0.3, -0.25) is 0 Å². The third-order valence-corrected chi connectivity index (χ3v) is 2.75. The molecule has 0 amide bonds. The normalized spacial score (nSPS) is 11.5. The summed E-state index contributed by atoms with van der Waals surface area (Å²) in [6, 6.07) is 3.66. The average Bonchev–Trinajstić information content (AvgIpc) is 2.38. The minimum Gasteiger partial charge on any atom is -0.434 e. The van der Waals surface area contributed by atoms with Gasteiger partial charge in [0.2, 0.25) is 0 Å². The van der Waals surface area contributed by atoms with Crippen LogP contribution in [0.1, 0.15) is 16.7 Å². The molecule has 0 bridgehead atoms. The van der Waals surface area contributed by atoms with Crippen molar-refractivity contribution in [3.05, 3.63) is 34.9 Å². The lowest BCUT2D eigenvalue weighted by Crippen LogP contribution is -2.18. The lowest BCUT2D eigenvalue weighted by Gasteiger charge is -2.12. The Morgan fingerprint density at radius 3 is 2.45 bits per heavy atom. The minimum atomic E-state index is -2.79. The summed E-state index contributed by atoms with van der Waals surface area (Å²) in [4.78, 5) is 0. The van der Waals surface area contributed by atoms with Crippen molar-refractivity contribution in [2.24, 2.45) is 0 Å². The molecule has 1 rings (SSSR count). The zero-order chi connectivity index (χ0) is 15.0. The molecule has 0 aliphatic carbocycles. The molecule has 0 fully saturated rings. The molecule has 1 aromatic rings. The quantitative estimate of drug-likeness (QED) is 0.744. The zero-order valence-electron chi connectivity index (χ0n) is 12.1. The smallest absolute Gasteiger partial charge is 0.387 e. The van der Waals surface area contributed by atoms with Crippen molar-refractivity contribution >= 4 is 6.08 Å². The van der Waals surface area contributed by atoms with E-state index >= 15 is 0 Å². The first-order chi connectivity index (χ1) is 9.54. The number of aryl methyl sites for hydroxylation is 2. The van der Waals surface area contributed by atoms with Crippen LogP contribution in [0, 0.1) is 13.8 Å². The summed E-state index contributed by atoms with van der Waals surface area (Å²) >= 11 is 0. The average molecular weight is 285 g/mol. The first-order valence-corrected chi connectivity index (χ1v) is 6.47. The maximum Gasteiger partial charge on any atom is 0.387 e. The van der Waals surface area contributed by atoms with Gasteiger partial charge in [-0.1, -0.05) is 12.2 Å². The molecule has 0 unspecified atom stereocenters. The molecule has 112 valence electrons. The van der Waals surface area contributed by atoms with E-state index < -0.39 is 6.61 Å². The lowest BCUT2D eigenvalue weighted by atomic mass is 10.1. The van der Waals surface area contributed by atoms with Gasteiger partial charge in [-0.05, 0) is 42.7 Å². The van der Waals surface area contributed by atoms with E-state index in [1.807, 2.05) is 24.3 Å². The van der Waals surface area contributed by atoms with Crippen molar-refractivity contribution in [2.75, 3.05) is 26.8 Å². The molecule has 0 saturated heterocycles. The van der Waals surface area contributed by atoms with Gasteiger partial charge in [-0.2, -0.15) is 8.78 Å². The topological polar surface area (TPSA) is 30.5 Å². The third kappa shape index (κ3) is 5.67. The maximum absolute atomic E-state index is 12.3. The summed E-state index contributed by atoms with van der Waals surface area (Å²) in [7, 11) is 1.66. The molecule has 0 saturated carbocycles. The van der Waals surface area contributed by atoms with Crippen molar-refractivity contribution < 1.29 is 18.3 Å². The van der Waals surface area contributed by atoms with Crippen LogP contribution in [0.25, 0.3) is 6.08 Å². The summed E-state index contributed by atoms with van der Waals surface area (Å²) < 4.78 is 34.0. The molecule has 0 atom stereocenters. The number of hydrogen-bond donors (Lipinski definition) is 1. The second-order valence-corrected chi connectivity index (χ2v) is 4.46. The minimum absolute atomic E-state index is 0.260. The highest BCUT2D eigenvalue weighted by molar-refractivity contribution is 5.56. The summed E-state index contributed by atoms with van der Waals surface area (Å²) in [5.41, 5.74) is 2.38. The fourth-order valence-corrected chi connectivity index (χ4v) is 1.91. The fourth-order valence-electron chi connectivity index (χ4n) is 1.91.